The molecule has 1 fully saturated rings. The summed E-state index contributed by atoms with van der Waals surface area (Å²) in [5.41, 5.74) is 7.88. The second-order valence-electron chi connectivity index (χ2n) is 14.2. The minimum atomic E-state index is -2.93. The Morgan fingerprint density at radius 1 is 1.12 bits per heavy atom. The summed E-state index contributed by atoms with van der Waals surface area (Å²) < 4.78 is 36.2. The molecule has 0 spiro atoms. The van der Waals surface area contributed by atoms with Gasteiger partial charge in [0, 0.05) is 17.8 Å². The Hall–Kier alpha value is -4.85. The van der Waals surface area contributed by atoms with Crippen molar-refractivity contribution in [3.05, 3.63) is 83.2 Å². The predicted octanol–water partition coefficient (Wildman–Crippen LogP) is 6.72. The molecule has 3 N–H and O–H groups in total. The van der Waals surface area contributed by atoms with Crippen LogP contribution >= 0.6 is 11.6 Å². The van der Waals surface area contributed by atoms with Gasteiger partial charge in [-0.05, 0) is 67.3 Å². The van der Waals surface area contributed by atoms with Crippen LogP contribution in [0, 0.1) is 5.41 Å². The number of carbonyl (C=O) groups excluding carboxylic acids is 2. The Morgan fingerprint density at radius 2 is 1.84 bits per heavy atom. The number of nitrogens with two attached hydrogens (primary N) is 1. The first kappa shape index (κ1) is 35.0. The molecule has 0 radical (unpaired) electrons. The number of hydrogen-bond acceptors (Lipinski definition) is 8. The van der Waals surface area contributed by atoms with Gasteiger partial charge in [-0.15, -0.1) is 0 Å². The van der Waals surface area contributed by atoms with Gasteiger partial charge >= 0.3 is 6.09 Å². The maximum atomic E-state index is 14.9. The van der Waals surface area contributed by atoms with Gasteiger partial charge < -0.3 is 15.8 Å². The summed E-state index contributed by atoms with van der Waals surface area (Å²) in [4.78, 5) is 37.5. The van der Waals surface area contributed by atoms with Gasteiger partial charge in [-0.2, -0.15) is 10.2 Å². The zero-order valence-corrected chi connectivity index (χ0v) is 29.2. The van der Waals surface area contributed by atoms with Gasteiger partial charge in [-0.25, -0.2) is 28.2 Å². The van der Waals surface area contributed by atoms with E-state index in [-0.39, 0.29) is 34.7 Å². The first-order chi connectivity index (χ1) is 23.7. The van der Waals surface area contributed by atoms with Crippen LogP contribution in [0.3, 0.4) is 0 Å². The third-order valence-corrected chi connectivity index (χ3v) is 8.89. The fourth-order valence-electron chi connectivity index (χ4n) is 6.27. The lowest BCUT2D eigenvalue weighted by Crippen LogP contribution is -2.47. The van der Waals surface area contributed by atoms with Gasteiger partial charge in [-0.3, -0.25) is 14.4 Å². The van der Waals surface area contributed by atoms with Crippen molar-refractivity contribution in [1.29, 1.82) is 0 Å². The van der Waals surface area contributed by atoms with E-state index in [0.717, 1.165) is 35.0 Å². The molecule has 2 aromatic heterocycles. The van der Waals surface area contributed by atoms with Gasteiger partial charge in [0.1, 0.15) is 12.9 Å². The predicted molar refractivity (Wildman–Crippen MR) is 184 cm³/mol. The lowest BCUT2D eigenvalue weighted by Gasteiger charge is -2.35. The van der Waals surface area contributed by atoms with Crippen LogP contribution in [0.5, 0.6) is 0 Å². The Kier molecular flexibility index (Phi) is 9.42. The normalized spacial score (nSPS) is 18.6. The lowest BCUT2D eigenvalue weighted by molar-refractivity contribution is -0.135. The van der Waals surface area contributed by atoms with Crippen LogP contribution < -0.4 is 11.1 Å². The summed E-state index contributed by atoms with van der Waals surface area (Å²) in [6.45, 7) is 9.26. The van der Waals surface area contributed by atoms with E-state index < -0.39 is 35.8 Å². The fraction of sp³-hybridized carbons (Fsp3) is 0.429. The molecule has 3 heterocycles. The molecule has 264 valence electrons. The molecule has 4 aromatic rings. The first-order valence-corrected chi connectivity index (χ1v) is 16.8. The molecule has 0 unspecified atom stereocenters. The van der Waals surface area contributed by atoms with Crippen LogP contribution in [0.25, 0.3) is 16.8 Å². The molecule has 1 aliphatic carbocycles. The van der Waals surface area contributed by atoms with Crippen LogP contribution in [-0.4, -0.2) is 60.1 Å². The van der Waals surface area contributed by atoms with E-state index in [1.54, 1.807) is 19.9 Å². The van der Waals surface area contributed by atoms with Gasteiger partial charge in [0.25, 0.3) is 12.3 Å². The molecule has 1 saturated carbocycles. The summed E-state index contributed by atoms with van der Waals surface area (Å²) in [5, 5.41) is 11.2. The number of aromatic nitrogens is 5. The average Bonchev–Trinajstić information content (AvgIpc) is 3.45. The van der Waals surface area contributed by atoms with Crippen molar-refractivity contribution in [2.45, 2.75) is 84.0 Å². The van der Waals surface area contributed by atoms with E-state index in [9.17, 15) is 18.4 Å². The van der Waals surface area contributed by atoms with Crippen LogP contribution in [0.15, 0.2) is 66.2 Å². The van der Waals surface area contributed by atoms with Crippen molar-refractivity contribution in [2.24, 2.45) is 16.1 Å². The molecular weight excluding hydrogens is 668 g/mol. The maximum Gasteiger partial charge on any atom is 0.407 e. The summed E-state index contributed by atoms with van der Waals surface area (Å²) >= 11 is 6.48. The Balaban J connectivity index is 1.40. The third-order valence-electron chi connectivity index (χ3n) is 8.57. The highest BCUT2D eigenvalue weighted by molar-refractivity contribution is 6.32. The molecule has 50 heavy (non-hydrogen) atoms. The van der Waals surface area contributed by atoms with Crippen LogP contribution in [0.2, 0.25) is 5.02 Å². The third kappa shape index (κ3) is 7.07. The number of benzene rings is 2. The number of halogens is 3. The highest BCUT2D eigenvalue weighted by Gasteiger charge is 2.53. The lowest BCUT2D eigenvalue weighted by atomic mass is 9.75. The molecule has 2 amide bonds. The van der Waals surface area contributed by atoms with E-state index in [4.69, 9.17) is 27.1 Å². The van der Waals surface area contributed by atoms with Crippen molar-refractivity contribution in [3.63, 3.8) is 0 Å². The van der Waals surface area contributed by atoms with E-state index in [1.807, 2.05) is 62.1 Å². The standard InChI is InChI=1S/C35H40ClF2N9O3/c1-20(2)43-33(49)50-17-28(22-8-13-26(36)27(14-22)47-30(29(37)38)40-19-42-47)46-31(48)35(44-32(46)39,18-34(3,4)5)24-9-6-21(7-10-24)23-15-41-45(16-23)25-11-12-25/h6-10,13-16,19-20,25,28-29H,11-12,17-18H2,1-5H3,(H2,39,44)(H,43,49)/t28-,35-/m1/s1. The smallest absolute Gasteiger partial charge is 0.407 e. The fourth-order valence-corrected chi connectivity index (χ4v) is 6.47. The number of amides is 2. The summed E-state index contributed by atoms with van der Waals surface area (Å²) in [5.74, 6) is -1.13. The molecule has 12 nitrogen and oxygen atoms in total. The molecule has 1 aliphatic heterocycles. The van der Waals surface area contributed by atoms with Crippen molar-refractivity contribution in [3.8, 4) is 16.8 Å². The van der Waals surface area contributed by atoms with E-state index in [1.165, 1.54) is 17.0 Å². The Labute approximate surface area is 293 Å². The number of guanidine groups is 1. The van der Waals surface area contributed by atoms with Crippen molar-refractivity contribution >= 4 is 29.6 Å². The molecule has 0 bridgehead atoms. The number of aliphatic imine (C=N–C) groups is 1. The van der Waals surface area contributed by atoms with Crippen LogP contribution in [0.1, 0.15) is 89.3 Å². The minimum absolute atomic E-state index is 0.0857. The zero-order chi connectivity index (χ0) is 36.0. The number of hydrogen-bond donors (Lipinski definition) is 2. The second-order valence-corrected chi connectivity index (χ2v) is 14.6. The number of nitrogens with zero attached hydrogens (tertiary/aromatic N) is 7. The highest BCUT2D eigenvalue weighted by atomic mass is 35.5. The molecule has 2 aliphatic rings. The highest BCUT2D eigenvalue weighted by Crippen LogP contribution is 2.45. The second kappa shape index (κ2) is 13.5. The van der Waals surface area contributed by atoms with E-state index in [0.29, 0.717) is 23.6 Å². The topological polar surface area (TPSA) is 146 Å². The van der Waals surface area contributed by atoms with Crippen molar-refractivity contribution < 1.29 is 23.1 Å². The largest absolute Gasteiger partial charge is 0.447 e. The van der Waals surface area contributed by atoms with Crippen LogP contribution in [0.4, 0.5) is 13.6 Å². The van der Waals surface area contributed by atoms with Gasteiger partial charge in [0.15, 0.2) is 17.3 Å². The molecule has 0 saturated heterocycles. The summed E-state index contributed by atoms with van der Waals surface area (Å²) in [6, 6.07) is 11.5. The van der Waals surface area contributed by atoms with Crippen molar-refractivity contribution in [2.75, 3.05) is 6.61 Å². The Morgan fingerprint density at radius 3 is 2.48 bits per heavy atom. The summed E-state index contributed by atoms with van der Waals surface area (Å²) in [7, 11) is 0. The number of carbonyl (C=O) groups is 2. The maximum absolute atomic E-state index is 14.9. The molecular formula is C35H40ClF2N9O3. The minimum Gasteiger partial charge on any atom is -0.447 e. The van der Waals surface area contributed by atoms with Crippen LogP contribution in [-0.2, 0) is 15.1 Å². The number of rotatable bonds is 11. The summed E-state index contributed by atoms with van der Waals surface area (Å²) in [6.07, 6.45) is 3.77. The number of nitrogens with one attached hydrogen (secondary N) is 1. The molecule has 2 aromatic carbocycles. The average molecular weight is 708 g/mol. The van der Waals surface area contributed by atoms with Gasteiger partial charge in [0.2, 0.25) is 0 Å². The van der Waals surface area contributed by atoms with E-state index >= 15 is 0 Å². The van der Waals surface area contributed by atoms with E-state index in [2.05, 4.69) is 20.5 Å². The number of alkyl carbamates (subject to hydrolysis) is 1. The van der Waals surface area contributed by atoms with Crippen molar-refractivity contribution in [1.82, 2.24) is 34.8 Å². The quantitative estimate of drug-likeness (QED) is 0.176. The monoisotopic (exact) mass is 707 g/mol. The Bertz CT molecular complexity index is 1910. The molecule has 15 heteroatoms. The molecule has 6 rings (SSSR count). The first-order valence-electron chi connectivity index (χ1n) is 16.4. The number of ether oxygens (including phenoxy) is 1. The van der Waals surface area contributed by atoms with Gasteiger partial charge in [-0.1, -0.05) is 62.7 Å². The SMILES string of the molecule is CC(C)NC(=O)OC[C@H](c1ccc(Cl)c(-n2ncnc2C(F)F)c1)N1C(=O)[C@@](CC(C)(C)C)(c2ccc(-c3cnn(C4CC4)c3)cc2)N=C1N. The number of alkyl halides is 2. The molecule has 2 atom stereocenters. The zero-order valence-electron chi connectivity index (χ0n) is 28.5. The van der Waals surface area contributed by atoms with Gasteiger partial charge in [0.05, 0.1) is 29.0 Å².